The number of hydrogen-bond acceptors (Lipinski definition) is 9. The van der Waals surface area contributed by atoms with Crippen LogP contribution in [0.1, 0.15) is 5.56 Å². The molecule has 1 aliphatic heterocycles. The van der Waals surface area contributed by atoms with Crippen LogP contribution in [0.25, 0.3) is 11.3 Å². The monoisotopic (exact) mass is 502 g/mol. The van der Waals surface area contributed by atoms with E-state index in [0.29, 0.717) is 5.56 Å². The second-order valence-corrected chi connectivity index (χ2v) is 7.62. The summed E-state index contributed by atoms with van der Waals surface area (Å²) >= 11 is 0. The Morgan fingerprint density at radius 3 is 2.43 bits per heavy atom. The highest BCUT2D eigenvalue weighted by molar-refractivity contribution is 5.84. The molecule has 0 spiro atoms. The molecule has 5 atom stereocenters. The molecule has 15 heteroatoms. The van der Waals surface area contributed by atoms with E-state index < -0.39 is 73.0 Å². The number of aromatic nitrogens is 3. The SMILES string of the molecule is O=C(Cn1cc(-c2ccc(C(F)(F)F)cc2)nn1)NC1C(C(O)C(O)CO)OC(C(=O)O)=C[C@H]1O. The molecule has 0 radical (unpaired) electrons. The van der Waals surface area contributed by atoms with Crippen molar-refractivity contribution in [2.45, 2.75) is 43.2 Å². The summed E-state index contributed by atoms with van der Waals surface area (Å²) < 4.78 is 44.3. The average molecular weight is 502 g/mol. The number of nitrogens with zero attached hydrogens (tertiary/aromatic N) is 3. The number of aliphatic hydroxyl groups is 4. The summed E-state index contributed by atoms with van der Waals surface area (Å²) in [6, 6.07) is 2.71. The number of halogens is 3. The number of hydrogen-bond donors (Lipinski definition) is 6. The highest BCUT2D eigenvalue weighted by Gasteiger charge is 2.43. The van der Waals surface area contributed by atoms with Crippen LogP contribution >= 0.6 is 0 Å². The van der Waals surface area contributed by atoms with Crippen LogP contribution in [-0.4, -0.2) is 89.5 Å². The van der Waals surface area contributed by atoms with Crippen molar-refractivity contribution in [3.05, 3.63) is 47.9 Å². The summed E-state index contributed by atoms with van der Waals surface area (Å²) in [4.78, 5) is 23.7. The van der Waals surface area contributed by atoms with E-state index in [4.69, 9.17) is 14.9 Å². The highest BCUT2D eigenvalue weighted by Crippen LogP contribution is 2.30. The molecule has 1 aromatic carbocycles. The first-order valence-electron chi connectivity index (χ1n) is 10.0. The molecule has 6 N–H and O–H groups in total. The van der Waals surface area contributed by atoms with Crippen molar-refractivity contribution in [3.8, 4) is 11.3 Å². The van der Waals surface area contributed by atoms with Gasteiger partial charge in [-0.15, -0.1) is 5.10 Å². The molecule has 3 rings (SSSR count). The molecular formula is C20H21F3N4O8. The van der Waals surface area contributed by atoms with Gasteiger partial charge in [0.2, 0.25) is 11.7 Å². The van der Waals surface area contributed by atoms with E-state index in [-0.39, 0.29) is 5.69 Å². The summed E-state index contributed by atoms with van der Waals surface area (Å²) in [6.07, 6.45) is -9.32. The normalized spacial score (nSPS) is 22.0. The van der Waals surface area contributed by atoms with Gasteiger partial charge in [0.05, 0.1) is 24.4 Å². The number of aliphatic carboxylic acids is 1. The fourth-order valence-electron chi connectivity index (χ4n) is 3.33. The van der Waals surface area contributed by atoms with Gasteiger partial charge in [-0.05, 0) is 18.2 Å². The third-order valence-electron chi connectivity index (χ3n) is 5.12. The molecule has 0 saturated carbocycles. The van der Waals surface area contributed by atoms with Crippen LogP contribution in [-0.2, 0) is 27.0 Å². The first-order valence-corrected chi connectivity index (χ1v) is 10.0. The minimum absolute atomic E-state index is 0.181. The van der Waals surface area contributed by atoms with Gasteiger partial charge in [0, 0.05) is 5.56 Å². The lowest BCUT2D eigenvalue weighted by molar-refractivity contribution is -0.149. The Hall–Kier alpha value is -3.53. The predicted molar refractivity (Wildman–Crippen MR) is 108 cm³/mol. The Labute approximate surface area is 194 Å². The Kier molecular flexibility index (Phi) is 7.74. The molecule has 0 saturated heterocycles. The summed E-state index contributed by atoms with van der Waals surface area (Å²) in [5.74, 6) is -3.08. The van der Waals surface area contributed by atoms with Crippen molar-refractivity contribution in [1.82, 2.24) is 20.3 Å². The van der Waals surface area contributed by atoms with Crippen molar-refractivity contribution in [2.24, 2.45) is 0 Å². The predicted octanol–water partition coefficient (Wildman–Crippen LogP) is -1.11. The molecule has 4 unspecified atom stereocenters. The second kappa shape index (κ2) is 10.4. The van der Waals surface area contributed by atoms with Gasteiger partial charge in [0.25, 0.3) is 0 Å². The van der Waals surface area contributed by atoms with Crippen molar-refractivity contribution < 1.29 is 53.0 Å². The number of benzene rings is 1. The zero-order chi connectivity index (χ0) is 25.9. The van der Waals surface area contributed by atoms with E-state index in [0.717, 1.165) is 22.9 Å². The lowest BCUT2D eigenvalue weighted by Crippen LogP contribution is -2.60. The number of rotatable bonds is 8. The molecule has 2 aromatic rings. The quantitative estimate of drug-likeness (QED) is 0.258. The first kappa shape index (κ1) is 26.1. The van der Waals surface area contributed by atoms with Crippen LogP contribution in [0, 0.1) is 0 Å². The van der Waals surface area contributed by atoms with Crippen molar-refractivity contribution in [1.29, 1.82) is 0 Å². The number of ether oxygens (including phenoxy) is 1. The number of carbonyl (C=O) groups excluding carboxylic acids is 1. The van der Waals surface area contributed by atoms with Gasteiger partial charge < -0.3 is 35.6 Å². The molecule has 35 heavy (non-hydrogen) atoms. The highest BCUT2D eigenvalue weighted by atomic mass is 19.4. The molecule has 190 valence electrons. The van der Waals surface area contributed by atoms with Crippen molar-refractivity contribution in [2.75, 3.05) is 6.61 Å². The van der Waals surface area contributed by atoms with Gasteiger partial charge in [-0.3, -0.25) is 4.79 Å². The molecule has 2 heterocycles. The maximum Gasteiger partial charge on any atom is 0.416 e. The van der Waals surface area contributed by atoms with Crippen LogP contribution < -0.4 is 5.32 Å². The van der Waals surface area contributed by atoms with Crippen LogP contribution in [0.15, 0.2) is 42.3 Å². The number of nitrogens with one attached hydrogen (secondary N) is 1. The van der Waals surface area contributed by atoms with Gasteiger partial charge >= 0.3 is 12.1 Å². The number of carboxylic acid groups (broad SMARTS) is 1. The number of aliphatic hydroxyl groups excluding tert-OH is 4. The van der Waals surface area contributed by atoms with E-state index in [1.54, 1.807) is 0 Å². The van der Waals surface area contributed by atoms with Gasteiger partial charge in [-0.2, -0.15) is 13.2 Å². The summed E-state index contributed by atoms with van der Waals surface area (Å²) in [7, 11) is 0. The van der Waals surface area contributed by atoms with Crippen LogP contribution in [0.2, 0.25) is 0 Å². The lowest BCUT2D eigenvalue weighted by Gasteiger charge is -2.38. The number of carboxylic acids is 1. The molecular weight excluding hydrogens is 481 g/mol. The van der Waals surface area contributed by atoms with E-state index >= 15 is 0 Å². The van der Waals surface area contributed by atoms with E-state index in [9.17, 15) is 38.1 Å². The maximum absolute atomic E-state index is 12.7. The van der Waals surface area contributed by atoms with Crippen molar-refractivity contribution >= 4 is 11.9 Å². The smallest absolute Gasteiger partial charge is 0.416 e. The Morgan fingerprint density at radius 2 is 1.86 bits per heavy atom. The number of amides is 1. The maximum atomic E-state index is 12.7. The molecule has 1 aliphatic rings. The fraction of sp³-hybridized carbons (Fsp3) is 0.400. The summed E-state index contributed by atoms with van der Waals surface area (Å²) in [5, 5.41) is 58.3. The Morgan fingerprint density at radius 1 is 1.20 bits per heavy atom. The Balaban J connectivity index is 1.72. The topological polar surface area (TPSA) is 187 Å². The number of alkyl halides is 3. The van der Waals surface area contributed by atoms with E-state index in [1.165, 1.54) is 18.3 Å². The standard InChI is InChI=1S/C20H21F3N4O8/c21-20(22,23)10-3-1-9(2-4-10)11-6-27(26-25-11)7-15(31)24-16-12(29)5-14(19(33)34)35-18(16)17(32)13(30)8-28/h1-6,12-13,16-18,28-30,32H,7-8H2,(H,24,31)(H,33,34)/t12-,13?,16?,17?,18?/m1/s1. The Bertz CT molecular complexity index is 1090. The zero-order valence-electron chi connectivity index (χ0n) is 17.7. The van der Waals surface area contributed by atoms with E-state index in [1.807, 2.05) is 0 Å². The first-order chi connectivity index (χ1) is 16.4. The summed E-state index contributed by atoms with van der Waals surface area (Å²) in [6.45, 7) is -1.38. The lowest BCUT2D eigenvalue weighted by atomic mass is 9.94. The third-order valence-corrected chi connectivity index (χ3v) is 5.12. The molecule has 1 aromatic heterocycles. The minimum atomic E-state index is -4.50. The van der Waals surface area contributed by atoms with Gasteiger partial charge in [-0.25, -0.2) is 9.48 Å². The summed E-state index contributed by atoms with van der Waals surface area (Å²) in [5.41, 5.74) is -0.348. The largest absolute Gasteiger partial charge is 0.478 e. The third kappa shape index (κ3) is 6.13. The second-order valence-electron chi connectivity index (χ2n) is 7.62. The minimum Gasteiger partial charge on any atom is -0.478 e. The zero-order valence-corrected chi connectivity index (χ0v) is 17.7. The fourth-order valence-corrected chi connectivity index (χ4v) is 3.33. The number of carbonyl (C=O) groups is 2. The van der Waals surface area contributed by atoms with Crippen LogP contribution in [0.3, 0.4) is 0 Å². The van der Waals surface area contributed by atoms with Crippen LogP contribution in [0.5, 0.6) is 0 Å². The average Bonchev–Trinajstić information content (AvgIpc) is 3.26. The molecule has 12 nitrogen and oxygen atoms in total. The molecule has 0 aliphatic carbocycles. The van der Waals surface area contributed by atoms with E-state index in [2.05, 4.69) is 15.6 Å². The molecule has 1 amide bonds. The van der Waals surface area contributed by atoms with Gasteiger partial charge in [-0.1, -0.05) is 17.3 Å². The van der Waals surface area contributed by atoms with Crippen molar-refractivity contribution in [3.63, 3.8) is 0 Å². The molecule has 0 bridgehead atoms. The van der Waals surface area contributed by atoms with Gasteiger partial charge in [0.1, 0.15) is 30.6 Å². The molecule has 0 fully saturated rings. The van der Waals surface area contributed by atoms with Gasteiger partial charge in [0.15, 0.2) is 6.10 Å². The van der Waals surface area contributed by atoms with Crippen LogP contribution in [0.4, 0.5) is 13.2 Å².